The van der Waals surface area contributed by atoms with Gasteiger partial charge in [-0.3, -0.25) is 9.80 Å². The fourth-order valence-corrected chi connectivity index (χ4v) is 8.06. The van der Waals surface area contributed by atoms with E-state index >= 15 is 0 Å². The van der Waals surface area contributed by atoms with Gasteiger partial charge in [-0.15, -0.1) is 0 Å². The van der Waals surface area contributed by atoms with Gasteiger partial charge in [0.15, 0.2) is 0 Å². The Kier molecular flexibility index (Phi) is 8.10. The van der Waals surface area contributed by atoms with E-state index in [4.69, 9.17) is 0 Å². The molecule has 198 valence electrons. The number of likely N-dealkylation sites (tertiary alicyclic amines) is 2. The second-order valence-electron chi connectivity index (χ2n) is 14.1. The van der Waals surface area contributed by atoms with Gasteiger partial charge in [0.1, 0.15) is 0 Å². The maximum absolute atomic E-state index is 13.9. The number of amides is 2. The fraction of sp³-hybridized carbons (Fsp3) is 0.966. The highest BCUT2D eigenvalue weighted by Crippen LogP contribution is 2.44. The maximum Gasteiger partial charge on any atom is 0.320 e. The average Bonchev–Trinajstić information content (AvgIpc) is 3.06. The van der Waals surface area contributed by atoms with E-state index in [1.807, 2.05) is 0 Å². The van der Waals surface area contributed by atoms with E-state index in [0.29, 0.717) is 18.1 Å². The first-order chi connectivity index (χ1) is 15.7. The minimum Gasteiger partial charge on any atom is -0.320 e. The molecular weight excluding hydrogens is 420 g/mol. The van der Waals surface area contributed by atoms with Crippen LogP contribution in [0.1, 0.15) is 121 Å². The van der Waals surface area contributed by atoms with Crippen LogP contribution in [0.5, 0.6) is 0 Å². The summed E-state index contributed by atoms with van der Waals surface area (Å²) >= 11 is 0. The normalized spacial score (nSPS) is 28.1. The second-order valence-corrected chi connectivity index (χ2v) is 14.1. The second kappa shape index (κ2) is 9.92. The largest absolute Gasteiger partial charge is 0.320 e. The van der Waals surface area contributed by atoms with Gasteiger partial charge in [-0.25, -0.2) is 4.79 Å². The zero-order valence-corrected chi connectivity index (χ0v) is 24.3. The Labute approximate surface area is 211 Å². The molecule has 0 N–H and O–H groups in total. The van der Waals surface area contributed by atoms with Crippen LogP contribution in [0.4, 0.5) is 4.79 Å². The molecule has 3 fully saturated rings. The van der Waals surface area contributed by atoms with Gasteiger partial charge in [0.2, 0.25) is 0 Å². The van der Waals surface area contributed by atoms with E-state index < -0.39 is 0 Å². The molecule has 0 aromatic heterocycles. The molecule has 5 heteroatoms. The molecule has 3 aliphatic rings. The third-order valence-electron chi connectivity index (χ3n) is 9.29. The Bertz CT molecular complexity index is 619. The predicted molar refractivity (Wildman–Crippen MR) is 144 cm³/mol. The molecule has 0 saturated carbocycles. The van der Waals surface area contributed by atoms with Crippen LogP contribution in [-0.2, 0) is 0 Å². The minimum atomic E-state index is 0.115. The van der Waals surface area contributed by atoms with Gasteiger partial charge in [0.25, 0.3) is 0 Å². The van der Waals surface area contributed by atoms with Crippen molar-refractivity contribution >= 4 is 6.03 Å². The first-order valence-corrected chi connectivity index (χ1v) is 14.3. The van der Waals surface area contributed by atoms with Crippen molar-refractivity contribution in [2.45, 2.75) is 155 Å². The van der Waals surface area contributed by atoms with Crippen molar-refractivity contribution in [2.75, 3.05) is 26.2 Å². The van der Waals surface area contributed by atoms with E-state index in [2.05, 4.69) is 88.8 Å². The van der Waals surface area contributed by atoms with Crippen molar-refractivity contribution in [2.24, 2.45) is 0 Å². The first kappa shape index (κ1) is 27.8. The summed E-state index contributed by atoms with van der Waals surface area (Å²) in [6.07, 6.45) is 9.26. The summed E-state index contributed by atoms with van der Waals surface area (Å²) in [6, 6.07) is 0.981. The lowest BCUT2D eigenvalue weighted by molar-refractivity contribution is -0.0605. The third kappa shape index (κ3) is 5.45. The zero-order chi connectivity index (χ0) is 25.5. The van der Waals surface area contributed by atoms with Crippen molar-refractivity contribution in [3.8, 4) is 0 Å². The van der Waals surface area contributed by atoms with E-state index in [1.165, 1.54) is 25.7 Å². The van der Waals surface area contributed by atoms with Gasteiger partial charge in [-0.2, -0.15) is 0 Å². The highest BCUT2D eigenvalue weighted by Gasteiger charge is 2.52. The predicted octanol–water partition coefficient (Wildman–Crippen LogP) is 6.37. The molecule has 0 aromatic rings. The van der Waals surface area contributed by atoms with Crippen molar-refractivity contribution in [3.05, 3.63) is 0 Å². The van der Waals surface area contributed by atoms with E-state index in [-0.39, 0.29) is 22.2 Å². The molecule has 3 rings (SSSR count). The van der Waals surface area contributed by atoms with Gasteiger partial charge >= 0.3 is 6.03 Å². The summed E-state index contributed by atoms with van der Waals surface area (Å²) in [4.78, 5) is 23.8. The molecule has 0 atom stereocenters. The quantitative estimate of drug-likeness (QED) is 0.408. The average molecular weight is 477 g/mol. The highest BCUT2D eigenvalue weighted by molar-refractivity contribution is 5.77. The molecule has 0 aromatic carbocycles. The topological polar surface area (TPSA) is 30.0 Å². The van der Waals surface area contributed by atoms with Gasteiger partial charge in [-0.1, -0.05) is 26.7 Å². The molecule has 0 bridgehead atoms. The molecule has 3 aliphatic heterocycles. The minimum absolute atomic E-state index is 0.115. The molecule has 34 heavy (non-hydrogen) atoms. The first-order valence-electron chi connectivity index (χ1n) is 14.3. The van der Waals surface area contributed by atoms with E-state index in [0.717, 1.165) is 51.9 Å². The van der Waals surface area contributed by atoms with Crippen LogP contribution in [-0.4, -0.2) is 86.0 Å². The molecule has 0 spiro atoms. The van der Waals surface area contributed by atoms with Crippen LogP contribution in [0, 0.1) is 0 Å². The van der Waals surface area contributed by atoms with Gasteiger partial charge < -0.3 is 9.80 Å². The Hall–Kier alpha value is -0.810. The number of carbonyl (C=O) groups excluding carboxylic acids is 1. The highest BCUT2D eigenvalue weighted by atomic mass is 16.2. The SMILES string of the molecule is CCCCN1C(C)(C)CC(N2CCN(C3CC(C)(C)N(CCCC)C(C)(C)C3)C2=O)CC1(C)C. The molecule has 5 nitrogen and oxygen atoms in total. The third-order valence-corrected chi connectivity index (χ3v) is 9.29. The summed E-state index contributed by atoms with van der Waals surface area (Å²) in [5.74, 6) is 0. The number of nitrogens with zero attached hydrogens (tertiary/aromatic N) is 4. The van der Waals surface area contributed by atoms with Crippen LogP contribution in [0.15, 0.2) is 0 Å². The lowest BCUT2D eigenvalue weighted by atomic mass is 9.76. The van der Waals surface area contributed by atoms with Crippen LogP contribution >= 0.6 is 0 Å². The molecule has 2 amide bonds. The van der Waals surface area contributed by atoms with Gasteiger partial charge in [0.05, 0.1) is 0 Å². The maximum atomic E-state index is 13.9. The van der Waals surface area contributed by atoms with Crippen molar-refractivity contribution in [3.63, 3.8) is 0 Å². The van der Waals surface area contributed by atoms with E-state index in [9.17, 15) is 4.79 Å². The summed E-state index contributed by atoms with van der Waals surface area (Å²) in [5.41, 5.74) is 0.460. The van der Waals surface area contributed by atoms with Gasteiger partial charge in [-0.05, 0) is 107 Å². The Balaban J connectivity index is 1.73. The summed E-state index contributed by atoms with van der Waals surface area (Å²) in [5, 5.41) is 0. The Morgan fingerprint density at radius 3 is 1.18 bits per heavy atom. The van der Waals surface area contributed by atoms with Crippen molar-refractivity contribution in [1.82, 2.24) is 19.6 Å². The number of hydrogen-bond acceptors (Lipinski definition) is 3. The Morgan fingerprint density at radius 1 is 0.618 bits per heavy atom. The van der Waals surface area contributed by atoms with Crippen molar-refractivity contribution < 1.29 is 4.79 Å². The van der Waals surface area contributed by atoms with E-state index in [1.54, 1.807) is 0 Å². The zero-order valence-electron chi connectivity index (χ0n) is 24.3. The number of rotatable bonds is 8. The molecule has 3 heterocycles. The smallest absolute Gasteiger partial charge is 0.320 e. The number of unbranched alkanes of at least 4 members (excludes halogenated alkanes) is 2. The van der Waals surface area contributed by atoms with Crippen LogP contribution < -0.4 is 0 Å². The molecular formula is C29H56N4O. The monoisotopic (exact) mass is 476 g/mol. The lowest BCUT2D eigenvalue weighted by Crippen LogP contribution is -2.65. The summed E-state index contributed by atoms with van der Waals surface area (Å²) in [6.45, 7) is 27.8. The van der Waals surface area contributed by atoms with Gasteiger partial charge in [0, 0.05) is 47.3 Å². The molecule has 0 radical (unpaired) electrons. The number of piperidine rings is 2. The fourth-order valence-electron chi connectivity index (χ4n) is 8.06. The molecule has 3 saturated heterocycles. The van der Waals surface area contributed by atoms with Crippen LogP contribution in [0.25, 0.3) is 0 Å². The number of carbonyl (C=O) groups is 1. The number of urea groups is 1. The summed E-state index contributed by atoms with van der Waals surface area (Å²) < 4.78 is 0. The summed E-state index contributed by atoms with van der Waals surface area (Å²) in [7, 11) is 0. The molecule has 0 unspecified atom stereocenters. The lowest BCUT2D eigenvalue weighted by Gasteiger charge is -2.57. The Morgan fingerprint density at radius 2 is 0.912 bits per heavy atom. The van der Waals surface area contributed by atoms with Crippen molar-refractivity contribution in [1.29, 1.82) is 0 Å². The van der Waals surface area contributed by atoms with Crippen LogP contribution in [0.2, 0.25) is 0 Å². The van der Waals surface area contributed by atoms with Crippen LogP contribution in [0.3, 0.4) is 0 Å². The number of hydrogen-bond donors (Lipinski definition) is 0. The molecule has 0 aliphatic carbocycles. The standard InChI is InChI=1S/C29H56N4O/c1-11-13-15-32-26(3,4)19-23(20-27(32,5)6)30-17-18-31(25(30)34)24-21-28(7,8)33(16-14-12-2)29(9,10)22-24/h23-24H,11-22H2,1-10H3.